The van der Waals surface area contributed by atoms with E-state index in [0.29, 0.717) is 19.6 Å². The summed E-state index contributed by atoms with van der Waals surface area (Å²) in [6.45, 7) is 4.66. The van der Waals surface area contributed by atoms with Crippen LogP contribution in [0.5, 0.6) is 0 Å². The molecule has 0 aliphatic carbocycles. The first-order valence-electron chi connectivity index (χ1n) is 6.44. The van der Waals surface area contributed by atoms with Gasteiger partial charge in [0.2, 0.25) is 5.41 Å². The van der Waals surface area contributed by atoms with Gasteiger partial charge in [-0.1, -0.05) is 0 Å². The average molecular weight is 310 g/mol. The molecule has 0 aliphatic heterocycles. The molecule has 120 valence electrons. The second kappa shape index (κ2) is 9.26. The second-order valence-electron chi connectivity index (χ2n) is 3.83. The van der Waals surface area contributed by atoms with Gasteiger partial charge >= 0.3 is 14.8 Å². The maximum atomic E-state index is 10.8. The Bertz CT molecular complexity index is 274. The molecule has 0 unspecified atom stereocenters. The van der Waals surface area contributed by atoms with Gasteiger partial charge in [-0.05, 0) is 13.8 Å². The van der Waals surface area contributed by atoms with Gasteiger partial charge in [0.25, 0.3) is 0 Å². The third-order valence-electron chi connectivity index (χ3n) is 2.78. The zero-order valence-corrected chi connectivity index (χ0v) is 13.9. The highest BCUT2D eigenvalue weighted by molar-refractivity contribution is 6.63. The van der Waals surface area contributed by atoms with E-state index in [1.165, 1.54) is 21.3 Å². The van der Waals surface area contributed by atoms with Gasteiger partial charge in [-0.25, -0.2) is 4.79 Å². The molecule has 0 atom stereocenters. The molecule has 8 nitrogen and oxygen atoms in total. The van der Waals surface area contributed by atoms with Crippen LogP contribution in [0.15, 0.2) is 0 Å². The Labute approximate surface area is 121 Å². The Kier molecular flexibility index (Phi) is 8.93. The van der Waals surface area contributed by atoms with Crippen molar-refractivity contribution in [3.8, 4) is 0 Å². The molecule has 0 aromatic heterocycles. The first-order chi connectivity index (χ1) is 9.47. The van der Waals surface area contributed by atoms with Crippen LogP contribution in [0.1, 0.15) is 20.3 Å². The molecule has 0 bridgehead atoms. The molecule has 0 heterocycles. The summed E-state index contributed by atoms with van der Waals surface area (Å²) in [6.07, 6.45) is 0.291. The van der Waals surface area contributed by atoms with Crippen LogP contribution in [-0.2, 0) is 22.8 Å². The van der Waals surface area contributed by atoms with Crippen LogP contribution in [0.3, 0.4) is 0 Å². The Hall–Kier alpha value is -0.713. The Morgan fingerprint density at radius 3 is 1.85 bits per heavy atom. The maximum Gasteiger partial charge on any atom is 0.563 e. The van der Waals surface area contributed by atoms with Crippen LogP contribution >= 0.6 is 0 Å². The lowest BCUT2D eigenvalue weighted by molar-refractivity contribution is -0.218. The first-order valence-corrected chi connectivity index (χ1v) is 8.16. The van der Waals surface area contributed by atoms with Gasteiger partial charge < -0.3 is 33.8 Å². The number of nitrogens with two attached hydrogens (primary N) is 1. The molecule has 9 heteroatoms. The van der Waals surface area contributed by atoms with E-state index in [1.54, 1.807) is 0 Å². The topological polar surface area (TPSA) is 101 Å². The normalized spacial score (nSPS) is 12.4. The molecule has 0 radical (unpaired) electrons. The van der Waals surface area contributed by atoms with E-state index in [-0.39, 0.29) is 6.54 Å². The Balaban J connectivity index is 5.30. The Morgan fingerprint density at radius 2 is 1.55 bits per heavy atom. The van der Waals surface area contributed by atoms with Crippen LogP contribution in [0.25, 0.3) is 0 Å². The van der Waals surface area contributed by atoms with Gasteiger partial charge in [0.15, 0.2) is 0 Å². The molecule has 0 saturated carbocycles. The number of rotatable bonds is 11. The average Bonchev–Trinajstić information content (AvgIpc) is 2.41. The van der Waals surface area contributed by atoms with E-state index < -0.39 is 20.2 Å². The van der Waals surface area contributed by atoms with Gasteiger partial charge in [-0.15, -0.1) is 0 Å². The second-order valence-corrected chi connectivity index (χ2v) is 6.93. The lowest BCUT2D eigenvalue weighted by Gasteiger charge is -2.42. The molecular weight excluding hydrogens is 284 g/mol. The summed E-state index contributed by atoms with van der Waals surface area (Å²) in [5, 5.41) is 2.50. The number of urea groups is 1. The smallest absolute Gasteiger partial charge is 0.374 e. The minimum absolute atomic E-state index is 0.250. The van der Waals surface area contributed by atoms with Gasteiger partial charge in [0.05, 0.1) is 0 Å². The van der Waals surface area contributed by atoms with E-state index in [9.17, 15) is 4.79 Å². The summed E-state index contributed by atoms with van der Waals surface area (Å²) in [5.41, 5.74) is 3.86. The summed E-state index contributed by atoms with van der Waals surface area (Å²) >= 11 is 0. The molecule has 2 amide bonds. The number of primary amides is 1. The minimum Gasteiger partial charge on any atom is -0.374 e. The number of hydrogen-bond acceptors (Lipinski definition) is 6. The summed E-state index contributed by atoms with van der Waals surface area (Å²) in [7, 11) is 1.19. The van der Waals surface area contributed by atoms with E-state index in [0.717, 1.165) is 0 Å². The molecule has 0 saturated heterocycles. The van der Waals surface area contributed by atoms with E-state index in [1.807, 2.05) is 13.8 Å². The quantitative estimate of drug-likeness (QED) is 0.418. The van der Waals surface area contributed by atoms with Crippen molar-refractivity contribution in [1.29, 1.82) is 0 Å². The van der Waals surface area contributed by atoms with Crippen LogP contribution < -0.4 is 11.1 Å². The van der Waals surface area contributed by atoms with Crippen molar-refractivity contribution in [2.75, 3.05) is 41.1 Å². The third-order valence-corrected chi connectivity index (χ3v) is 5.87. The molecule has 0 aromatic rings. The summed E-state index contributed by atoms with van der Waals surface area (Å²) < 4.78 is 27.9. The fourth-order valence-electron chi connectivity index (χ4n) is 2.05. The largest absolute Gasteiger partial charge is 0.563 e. The van der Waals surface area contributed by atoms with Gasteiger partial charge in [-0.3, -0.25) is 0 Å². The number of ether oxygens (including phenoxy) is 2. The summed E-state index contributed by atoms with van der Waals surface area (Å²) in [6, 6.07) is -0.619. The van der Waals surface area contributed by atoms with Crippen LogP contribution in [0.2, 0.25) is 0 Å². The highest BCUT2D eigenvalue weighted by atomic mass is 28.4. The maximum absolute atomic E-state index is 10.8. The number of carbonyl (C=O) groups excluding carboxylic acids is 1. The highest BCUT2D eigenvalue weighted by Crippen LogP contribution is 2.31. The number of carbonyl (C=O) groups is 1. The Morgan fingerprint density at radius 1 is 1.10 bits per heavy atom. The first kappa shape index (κ1) is 19.3. The van der Waals surface area contributed by atoms with Crippen molar-refractivity contribution >= 4 is 14.8 Å². The van der Waals surface area contributed by atoms with Crippen LogP contribution in [0, 0.1) is 0 Å². The minimum atomic E-state index is -3.25. The summed E-state index contributed by atoms with van der Waals surface area (Å²) in [5.74, 6) is 0. The number of amides is 2. The van der Waals surface area contributed by atoms with Gasteiger partial charge in [0, 0.05) is 47.5 Å². The molecule has 0 spiro atoms. The third kappa shape index (κ3) is 4.40. The van der Waals surface area contributed by atoms with Crippen molar-refractivity contribution in [3.63, 3.8) is 0 Å². The SMILES string of the molecule is CCOC(CCNC(N)=O)(OCC)[Si](OC)(OC)OC. The lowest BCUT2D eigenvalue weighted by atomic mass is 10.4. The highest BCUT2D eigenvalue weighted by Gasteiger charge is 2.62. The molecule has 0 fully saturated rings. The molecular formula is C11H26N2O6Si. The molecule has 0 rings (SSSR count). The van der Waals surface area contributed by atoms with Crippen molar-refractivity contribution in [1.82, 2.24) is 5.32 Å². The van der Waals surface area contributed by atoms with Crippen molar-refractivity contribution in [2.45, 2.75) is 25.7 Å². The number of nitrogens with one attached hydrogen (secondary N) is 1. The number of hydrogen-bond donors (Lipinski definition) is 2. The molecule has 20 heavy (non-hydrogen) atoms. The lowest BCUT2D eigenvalue weighted by Crippen LogP contribution is -2.67. The van der Waals surface area contributed by atoms with Crippen LogP contribution in [0.4, 0.5) is 4.79 Å². The standard InChI is InChI=1S/C11H26N2O6Si/c1-6-18-11(19-7-2,8-9-13-10(12)14)20(15-3,16-4)17-5/h6-9H2,1-5H3,(H3,12,13,14). The predicted molar refractivity (Wildman–Crippen MR) is 75.0 cm³/mol. The summed E-state index contributed by atoms with van der Waals surface area (Å²) in [4.78, 5) is 10.8. The van der Waals surface area contributed by atoms with E-state index in [2.05, 4.69) is 5.32 Å². The van der Waals surface area contributed by atoms with E-state index in [4.69, 9.17) is 28.5 Å². The van der Waals surface area contributed by atoms with Crippen molar-refractivity contribution < 1.29 is 27.5 Å². The zero-order chi connectivity index (χ0) is 15.6. The van der Waals surface area contributed by atoms with Crippen LogP contribution in [-0.4, -0.2) is 61.3 Å². The predicted octanol–water partition coefficient (Wildman–Crippen LogP) is 0.231. The molecule has 3 N–H and O–H groups in total. The monoisotopic (exact) mass is 310 g/mol. The molecule has 0 aromatic carbocycles. The zero-order valence-electron chi connectivity index (χ0n) is 12.9. The fraction of sp³-hybridized carbons (Fsp3) is 0.909. The van der Waals surface area contributed by atoms with Gasteiger partial charge in [-0.2, -0.15) is 0 Å². The molecule has 0 aliphatic rings. The van der Waals surface area contributed by atoms with Crippen molar-refractivity contribution in [2.24, 2.45) is 5.73 Å². The van der Waals surface area contributed by atoms with Gasteiger partial charge in [0.1, 0.15) is 0 Å². The van der Waals surface area contributed by atoms with Crippen molar-refractivity contribution in [3.05, 3.63) is 0 Å². The van der Waals surface area contributed by atoms with E-state index >= 15 is 0 Å². The fourth-order valence-corrected chi connectivity index (χ4v) is 4.56.